The molecule has 0 bridgehead atoms. The molecule has 0 amide bonds. The van der Waals surface area contributed by atoms with Crippen molar-refractivity contribution in [2.24, 2.45) is 7.05 Å². The number of aryl methyl sites for hydroxylation is 1. The van der Waals surface area contributed by atoms with Gasteiger partial charge in [0.1, 0.15) is 11.5 Å². The topological polar surface area (TPSA) is 35.1 Å². The van der Waals surface area contributed by atoms with Gasteiger partial charge >= 0.3 is 0 Å². The lowest BCUT2D eigenvalue weighted by Crippen LogP contribution is -1.83. The van der Waals surface area contributed by atoms with Crippen LogP contribution in [0.1, 0.15) is 0 Å². The van der Waals surface area contributed by atoms with Gasteiger partial charge in [-0.25, -0.2) is 14.4 Å². The smallest absolute Gasteiger partial charge is 0.139 e. The van der Waals surface area contributed by atoms with Gasteiger partial charge in [0, 0.05) is 25.0 Å². The Kier molecular flexibility index (Phi) is 2.18. The summed E-state index contributed by atoms with van der Waals surface area (Å²) in [5, 5.41) is 0. The van der Waals surface area contributed by atoms with Crippen molar-refractivity contribution in [1.29, 1.82) is 0 Å². The first-order chi connectivity index (χ1) is 9.70. The number of rotatable bonds is 1. The summed E-state index contributed by atoms with van der Waals surface area (Å²) in [4.78, 5) is 8.84. The summed E-state index contributed by atoms with van der Waals surface area (Å²) in [6.07, 6.45) is 5.03. The third-order valence-corrected chi connectivity index (χ3v) is 3.44. The van der Waals surface area contributed by atoms with E-state index in [2.05, 4.69) is 9.97 Å². The van der Waals surface area contributed by atoms with Crippen molar-refractivity contribution in [2.75, 3.05) is 0 Å². The van der Waals surface area contributed by atoms with Crippen LogP contribution in [-0.2, 0) is 7.05 Å². The number of hydrogen-bond donors (Lipinski definition) is 0. The van der Waals surface area contributed by atoms with Crippen LogP contribution in [0.15, 0.2) is 49.1 Å². The summed E-state index contributed by atoms with van der Waals surface area (Å²) in [6, 6.07) is 9.09. The van der Waals surface area contributed by atoms with Crippen LogP contribution in [0.25, 0.3) is 27.9 Å². The molecule has 3 aromatic heterocycles. The van der Waals surface area contributed by atoms with E-state index in [1.807, 2.05) is 36.0 Å². The summed E-state index contributed by atoms with van der Waals surface area (Å²) in [7, 11) is 1.96. The van der Waals surface area contributed by atoms with Gasteiger partial charge in [0.2, 0.25) is 0 Å². The van der Waals surface area contributed by atoms with Crippen LogP contribution in [0.3, 0.4) is 0 Å². The molecule has 0 unspecified atom stereocenters. The zero-order chi connectivity index (χ0) is 13.7. The van der Waals surface area contributed by atoms with Crippen molar-refractivity contribution in [3.8, 4) is 11.3 Å². The van der Waals surface area contributed by atoms with Crippen LogP contribution in [0.2, 0.25) is 0 Å². The first-order valence-electron chi connectivity index (χ1n) is 6.26. The molecule has 5 heteroatoms. The third-order valence-electron chi connectivity index (χ3n) is 3.44. The fourth-order valence-corrected chi connectivity index (χ4v) is 2.40. The highest BCUT2D eigenvalue weighted by molar-refractivity contribution is 5.81. The summed E-state index contributed by atoms with van der Waals surface area (Å²) < 4.78 is 16.9. The molecule has 0 fully saturated rings. The van der Waals surface area contributed by atoms with Crippen molar-refractivity contribution in [2.45, 2.75) is 0 Å². The average molecular weight is 266 g/mol. The SMILES string of the molecule is Cn1cnc2cc(-c3cn4cc(F)ccc4n3)ccc21. The predicted molar refractivity (Wildman–Crippen MR) is 74.9 cm³/mol. The van der Waals surface area contributed by atoms with E-state index >= 15 is 0 Å². The highest BCUT2D eigenvalue weighted by Gasteiger charge is 2.07. The van der Waals surface area contributed by atoms with Crippen molar-refractivity contribution in [1.82, 2.24) is 18.9 Å². The Labute approximate surface area is 114 Å². The number of nitrogens with zero attached hydrogens (tertiary/aromatic N) is 4. The fourth-order valence-electron chi connectivity index (χ4n) is 2.40. The van der Waals surface area contributed by atoms with Crippen molar-refractivity contribution in [3.63, 3.8) is 0 Å². The molecular formula is C15H11FN4. The number of fused-ring (bicyclic) bond motifs is 2. The molecule has 4 aromatic rings. The van der Waals surface area contributed by atoms with Crippen molar-refractivity contribution >= 4 is 16.7 Å². The lowest BCUT2D eigenvalue weighted by atomic mass is 10.1. The number of imidazole rings is 2. The van der Waals surface area contributed by atoms with E-state index in [0.717, 1.165) is 27.9 Å². The van der Waals surface area contributed by atoms with Gasteiger partial charge in [-0.2, -0.15) is 0 Å². The van der Waals surface area contributed by atoms with E-state index in [-0.39, 0.29) is 5.82 Å². The lowest BCUT2D eigenvalue weighted by Gasteiger charge is -1.97. The normalized spacial score (nSPS) is 11.5. The first kappa shape index (κ1) is 11.2. The van der Waals surface area contributed by atoms with Crippen LogP contribution in [0.4, 0.5) is 4.39 Å². The average Bonchev–Trinajstić information content (AvgIpc) is 3.02. The highest BCUT2D eigenvalue weighted by Crippen LogP contribution is 2.23. The van der Waals surface area contributed by atoms with Crippen molar-refractivity contribution in [3.05, 3.63) is 54.9 Å². The Morgan fingerprint density at radius 3 is 2.90 bits per heavy atom. The van der Waals surface area contributed by atoms with E-state index < -0.39 is 0 Å². The second kappa shape index (κ2) is 3.90. The zero-order valence-electron chi connectivity index (χ0n) is 10.8. The van der Waals surface area contributed by atoms with Crippen LogP contribution in [0.5, 0.6) is 0 Å². The molecule has 1 aromatic carbocycles. The summed E-state index contributed by atoms with van der Waals surface area (Å²) >= 11 is 0. The van der Waals surface area contributed by atoms with Gasteiger partial charge in [-0.1, -0.05) is 6.07 Å². The number of aromatic nitrogens is 4. The number of pyridine rings is 1. The van der Waals surface area contributed by atoms with Gasteiger partial charge in [0.15, 0.2) is 0 Å². The van der Waals surface area contributed by atoms with Crippen LogP contribution < -0.4 is 0 Å². The van der Waals surface area contributed by atoms with E-state index in [9.17, 15) is 4.39 Å². The van der Waals surface area contributed by atoms with Gasteiger partial charge in [-0.3, -0.25) is 0 Å². The second-order valence-corrected chi connectivity index (χ2v) is 4.80. The Balaban J connectivity index is 1.91. The highest BCUT2D eigenvalue weighted by atomic mass is 19.1. The maximum Gasteiger partial charge on any atom is 0.139 e. The number of hydrogen-bond acceptors (Lipinski definition) is 2. The van der Waals surface area contributed by atoms with Crippen LogP contribution in [0, 0.1) is 5.82 Å². The van der Waals surface area contributed by atoms with Crippen molar-refractivity contribution < 1.29 is 4.39 Å². The Morgan fingerprint density at radius 2 is 2.00 bits per heavy atom. The quantitative estimate of drug-likeness (QED) is 0.531. The second-order valence-electron chi connectivity index (χ2n) is 4.80. The molecule has 0 aliphatic rings. The Morgan fingerprint density at radius 1 is 1.10 bits per heavy atom. The number of halogens is 1. The molecule has 98 valence electrons. The first-order valence-corrected chi connectivity index (χ1v) is 6.26. The minimum absolute atomic E-state index is 0.276. The molecule has 0 saturated heterocycles. The molecule has 0 aliphatic heterocycles. The van der Waals surface area contributed by atoms with Crippen LogP contribution in [-0.4, -0.2) is 18.9 Å². The molecule has 0 saturated carbocycles. The van der Waals surface area contributed by atoms with Crippen LogP contribution >= 0.6 is 0 Å². The molecular weight excluding hydrogens is 255 g/mol. The largest absolute Gasteiger partial charge is 0.334 e. The summed E-state index contributed by atoms with van der Waals surface area (Å²) in [5.74, 6) is -0.276. The maximum absolute atomic E-state index is 13.2. The molecule has 4 rings (SSSR count). The third kappa shape index (κ3) is 1.60. The Hall–Kier alpha value is -2.69. The fraction of sp³-hybridized carbons (Fsp3) is 0.0667. The standard InChI is InChI=1S/C15H11FN4/c1-19-9-17-12-6-10(2-4-14(12)19)13-8-20-7-11(16)3-5-15(20)18-13/h2-9H,1H3. The number of benzene rings is 1. The minimum Gasteiger partial charge on any atom is -0.334 e. The zero-order valence-corrected chi connectivity index (χ0v) is 10.8. The van der Waals surface area contributed by atoms with Gasteiger partial charge in [-0.15, -0.1) is 0 Å². The van der Waals surface area contributed by atoms with Gasteiger partial charge < -0.3 is 8.97 Å². The molecule has 0 spiro atoms. The van der Waals surface area contributed by atoms with E-state index in [4.69, 9.17) is 0 Å². The summed E-state index contributed by atoms with van der Waals surface area (Å²) in [6.45, 7) is 0. The predicted octanol–water partition coefficient (Wildman–Crippen LogP) is 3.03. The van der Waals surface area contributed by atoms with E-state index in [0.29, 0.717) is 0 Å². The molecule has 4 nitrogen and oxygen atoms in total. The molecule has 0 aliphatic carbocycles. The summed E-state index contributed by atoms with van der Waals surface area (Å²) in [5.41, 5.74) is 4.50. The lowest BCUT2D eigenvalue weighted by molar-refractivity contribution is 0.619. The Bertz CT molecular complexity index is 936. The molecule has 3 heterocycles. The maximum atomic E-state index is 13.2. The van der Waals surface area contributed by atoms with Gasteiger partial charge in [-0.05, 0) is 24.3 Å². The molecule has 20 heavy (non-hydrogen) atoms. The van der Waals surface area contributed by atoms with E-state index in [1.165, 1.54) is 12.3 Å². The molecule has 0 radical (unpaired) electrons. The minimum atomic E-state index is -0.276. The van der Waals surface area contributed by atoms with Gasteiger partial charge in [0.25, 0.3) is 0 Å². The van der Waals surface area contributed by atoms with Gasteiger partial charge in [0.05, 0.1) is 23.1 Å². The molecule has 0 atom stereocenters. The monoisotopic (exact) mass is 266 g/mol. The molecule has 0 N–H and O–H groups in total. The van der Waals surface area contributed by atoms with E-state index in [1.54, 1.807) is 16.8 Å².